The van der Waals surface area contributed by atoms with E-state index in [9.17, 15) is 0 Å². The summed E-state index contributed by atoms with van der Waals surface area (Å²) in [5.41, 5.74) is 2.54. The lowest BCUT2D eigenvalue weighted by Gasteiger charge is -2.33. The van der Waals surface area contributed by atoms with Gasteiger partial charge in [0, 0.05) is 28.6 Å². The minimum atomic E-state index is 0.409. The van der Waals surface area contributed by atoms with E-state index < -0.39 is 0 Å². The Balaban J connectivity index is 1.28. The molecule has 1 aromatic carbocycles. The smallest absolute Gasteiger partial charge is 0.167 e. The van der Waals surface area contributed by atoms with Crippen molar-refractivity contribution in [1.82, 2.24) is 10.5 Å². The topological polar surface area (TPSA) is 38.1 Å². The van der Waals surface area contributed by atoms with Crippen LogP contribution < -0.4 is 5.32 Å². The third-order valence-electron chi connectivity index (χ3n) is 6.54. The highest BCUT2D eigenvalue weighted by molar-refractivity contribution is 7.98. The molecule has 1 N–H and O–H groups in total. The van der Waals surface area contributed by atoms with E-state index in [0.29, 0.717) is 5.54 Å². The Morgan fingerprint density at radius 2 is 1.92 bits per heavy atom. The number of aromatic nitrogens is 1. The summed E-state index contributed by atoms with van der Waals surface area (Å²) >= 11 is 1.76. The third-order valence-corrected chi connectivity index (χ3v) is 7.29. The SMILES string of the molecule is CSc1ccc(-c2cc(CNC34C[C@@H]5CC3C[C@@H](C5)C4)no2)cc1. The molecular formula is C20H24N2OS. The average Bonchev–Trinajstić information content (AvgIpc) is 3.23. The molecule has 24 heavy (non-hydrogen) atoms. The van der Waals surface area contributed by atoms with E-state index in [0.717, 1.165) is 41.3 Å². The fourth-order valence-electron chi connectivity index (χ4n) is 5.64. The summed E-state index contributed by atoms with van der Waals surface area (Å²) in [5, 5.41) is 8.19. The summed E-state index contributed by atoms with van der Waals surface area (Å²) in [6.45, 7) is 0.836. The maximum Gasteiger partial charge on any atom is 0.167 e. The van der Waals surface area contributed by atoms with Gasteiger partial charge in [0.2, 0.25) is 0 Å². The van der Waals surface area contributed by atoms with Gasteiger partial charge in [-0.15, -0.1) is 11.8 Å². The summed E-state index contributed by atoms with van der Waals surface area (Å²) in [5.74, 6) is 3.75. The van der Waals surface area contributed by atoms with Crippen LogP contribution in [0.5, 0.6) is 0 Å². The van der Waals surface area contributed by atoms with Crippen molar-refractivity contribution in [2.24, 2.45) is 17.8 Å². The monoisotopic (exact) mass is 340 g/mol. The Morgan fingerprint density at radius 3 is 2.62 bits per heavy atom. The molecule has 0 spiro atoms. The lowest BCUT2D eigenvalue weighted by molar-refractivity contribution is 0.231. The molecule has 4 heteroatoms. The van der Waals surface area contributed by atoms with Crippen molar-refractivity contribution in [1.29, 1.82) is 0 Å². The standard InChI is InChI=1S/C20H24N2OS/c1-24-18-4-2-15(3-5-18)19-9-17(22-23-19)12-21-20-10-13-6-14(11-20)8-16(20)7-13/h2-5,9,13-14,16,21H,6-8,10-12H2,1H3/t13-,14+,16?,20?. The van der Waals surface area contributed by atoms with Crippen molar-refractivity contribution in [3.8, 4) is 11.3 Å². The first-order valence-corrected chi connectivity index (χ1v) is 10.3. The summed E-state index contributed by atoms with van der Waals surface area (Å²) in [7, 11) is 0. The second-order valence-corrected chi connectivity index (χ2v) is 8.84. The quantitative estimate of drug-likeness (QED) is 0.799. The lowest BCUT2D eigenvalue weighted by Crippen LogP contribution is -2.45. The van der Waals surface area contributed by atoms with Gasteiger partial charge in [-0.05, 0) is 68.2 Å². The fraction of sp³-hybridized carbons (Fsp3) is 0.550. The molecule has 0 amide bonds. The molecule has 4 aliphatic carbocycles. The molecule has 4 saturated carbocycles. The van der Waals surface area contributed by atoms with Gasteiger partial charge in [0.15, 0.2) is 5.76 Å². The van der Waals surface area contributed by atoms with Gasteiger partial charge in [-0.3, -0.25) is 0 Å². The molecular weight excluding hydrogens is 316 g/mol. The van der Waals surface area contributed by atoms with Crippen LogP contribution in [0.2, 0.25) is 0 Å². The number of hydrogen-bond donors (Lipinski definition) is 1. The highest BCUT2D eigenvalue weighted by Crippen LogP contribution is 2.60. The van der Waals surface area contributed by atoms with Crippen LogP contribution >= 0.6 is 11.8 Å². The zero-order valence-electron chi connectivity index (χ0n) is 14.1. The van der Waals surface area contributed by atoms with Crippen LogP contribution in [0.3, 0.4) is 0 Å². The Kier molecular flexibility index (Phi) is 3.53. The zero-order valence-corrected chi connectivity index (χ0v) is 14.9. The van der Waals surface area contributed by atoms with Crippen LogP contribution in [-0.4, -0.2) is 17.0 Å². The molecule has 0 aliphatic heterocycles. The first-order chi connectivity index (χ1) is 11.7. The first-order valence-electron chi connectivity index (χ1n) is 9.09. The Hall–Kier alpha value is -1.26. The summed E-state index contributed by atoms with van der Waals surface area (Å²) in [4.78, 5) is 1.27. The van der Waals surface area contributed by atoms with Crippen molar-refractivity contribution in [2.45, 2.75) is 49.1 Å². The van der Waals surface area contributed by atoms with Gasteiger partial charge in [-0.25, -0.2) is 0 Å². The normalized spacial score (nSPS) is 33.5. The van der Waals surface area contributed by atoms with Gasteiger partial charge in [-0.1, -0.05) is 17.3 Å². The Bertz CT molecular complexity index is 724. The Morgan fingerprint density at radius 1 is 1.17 bits per heavy atom. The first kappa shape index (κ1) is 15.0. The second kappa shape index (κ2) is 5.63. The van der Waals surface area contributed by atoms with Crippen molar-refractivity contribution in [2.75, 3.05) is 6.26 Å². The van der Waals surface area contributed by atoms with Gasteiger partial charge in [0.05, 0.1) is 5.69 Å². The van der Waals surface area contributed by atoms with Crippen molar-refractivity contribution in [3.05, 3.63) is 36.0 Å². The number of benzene rings is 1. The van der Waals surface area contributed by atoms with Gasteiger partial charge >= 0.3 is 0 Å². The van der Waals surface area contributed by atoms with Crippen LogP contribution in [0.1, 0.15) is 37.8 Å². The average molecular weight is 340 g/mol. The van der Waals surface area contributed by atoms with Crippen molar-refractivity contribution >= 4 is 11.8 Å². The summed E-state index contributed by atoms with van der Waals surface area (Å²) in [6, 6.07) is 10.6. The van der Waals surface area contributed by atoms with Crippen molar-refractivity contribution < 1.29 is 4.52 Å². The van der Waals surface area contributed by atoms with Gasteiger partial charge in [0.25, 0.3) is 0 Å². The number of hydrogen-bond acceptors (Lipinski definition) is 4. The van der Waals surface area contributed by atoms with E-state index in [2.05, 4.69) is 47.1 Å². The lowest BCUT2D eigenvalue weighted by atomic mass is 9.80. The summed E-state index contributed by atoms with van der Waals surface area (Å²) in [6.07, 6.45) is 9.25. The van der Waals surface area contributed by atoms with E-state index in [-0.39, 0.29) is 0 Å². The van der Waals surface area contributed by atoms with Crippen LogP contribution in [0.15, 0.2) is 39.8 Å². The van der Waals surface area contributed by atoms with E-state index in [4.69, 9.17) is 4.52 Å². The highest BCUT2D eigenvalue weighted by Gasteiger charge is 2.57. The maximum absolute atomic E-state index is 5.58. The number of rotatable bonds is 5. The minimum Gasteiger partial charge on any atom is -0.356 e. The molecule has 3 nitrogen and oxygen atoms in total. The van der Waals surface area contributed by atoms with E-state index >= 15 is 0 Å². The highest BCUT2D eigenvalue weighted by atomic mass is 32.2. The molecule has 4 aliphatic rings. The number of nitrogens with one attached hydrogen (secondary N) is 1. The fourth-order valence-corrected chi connectivity index (χ4v) is 6.05. The van der Waals surface area contributed by atoms with Crippen LogP contribution in [0.25, 0.3) is 11.3 Å². The van der Waals surface area contributed by atoms with E-state index in [1.807, 2.05) is 0 Å². The molecule has 4 bridgehead atoms. The summed E-state index contributed by atoms with van der Waals surface area (Å²) < 4.78 is 5.58. The molecule has 126 valence electrons. The van der Waals surface area contributed by atoms with Gasteiger partial charge < -0.3 is 9.84 Å². The van der Waals surface area contributed by atoms with Crippen LogP contribution in [0, 0.1) is 17.8 Å². The van der Waals surface area contributed by atoms with Gasteiger partial charge in [-0.2, -0.15) is 0 Å². The molecule has 1 aromatic heterocycles. The van der Waals surface area contributed by atoms with Crippen LogP contribution in [0.4, 0.5) is 0 Å². The predicted octanol–water partition coefficient (Wildman–Crippen LogP) is 4.73. The molecule has 0 radical (unpaired) electrons. The largest absolute Gasteiger partial charge is 0.356 e. The van der Waals surface area contributed by atoms with E-state index in [1.165, 1.54) is 37.0 Å². The molecule has 2 aromatic rings. The molecule has 0 saturated heterocycles. The zero-order chi connectivity index (χ0) is 16.1. The maximum atomic E-state index is 5.58. The molecule has 1 heterocycles. The molecule has 4 fully saturated rings. The molecule has 2 unspecified atom stereocenters. The second-order valence-electron chi connectivity index (χ2n) is 7.97. The Labute approximate surface area is 147 Å². The van der Waals surface area contributed by atoms with Crippen LogP contribution in [-0.2, 0) is 6.54 Å². The molecule has 6 rings (SSSR count). The van der Waals surface area contributed by atoms with Crippen molar-refractivity contribution in [3.63, 3.8) is 0 Å². The third kappa shape index (κ3) is 2.42. The number of nitrogens with zero attached hydrogens (tertiary/aromatic N) is 1. The van der Waals surface area contributed by atoms with E-state index in [1.54, 1.807) is 11.8 Å². The molecule has 4 atom stereocenters. The number of thioether (sulfide) groups is 1. The predicted molar refractivity (Wildman–Crippen MR) is 96.8 cm³/mol. The minimum absolute atomic E-state index is 0.409. The van der Waals surface area contributed by atoms with Gasteiger partial charge in [0.1, 0.15) is 0 Å².